The molecule has 0 aromatic carbocycles. The van der Waals surface area contributed by atoms with E-state index in [2.05, 4.69) is 0 Å². The number of aliphatic hydroxyl groups is 1. The van der Waals surface area contributed by atoms with Crippen molar-refractivity contribution >= 4 is 12.4 Å². The Labute approximate surface area is 67.2 Å². The molecule has 0 amide bonds. The predicted octanol–water partition coefficient (Wildman–Crippen LogP) is 0.420. The molecule has 0 bridgehead atoms. The van der Waals surface area contributed by atoms with Gasteiger partial charge in [0.2, 0.25) is 0 Å². The monoisotopic (exact) mass is 164 g/mol. The van der Waals surface area contributed by atoms with Crippen molar-refractivity contribution in [2.24, 2.45) is 5.73 Å². The van der Waals surface area contributed by atoms with Crippen LogP contribution in [0.25, 0.3) is 0 Å². The van der Waals surface area contributed by atoms with E-state index in [1.807, 2.05) is 6.07 Å². The van der Waals surface area contributed by atoms with Gasteiger partial charge >= 0.3 is 0 Å². The molecular formula is C6H13ClN2O. The molecular weight excluding hydrogens is 152 g/mol. The Kier molecular flexibility index (Phi) is 5.58. The van der Waals surface area contributed by atoms with Crippen molar-refractivity contribution in [2.45, 2.75) is 31.9 Å². The minimum Gasteiger partial charge on any atom is -0.387 e. The van der Waals surface area contributed by atoms with Gasteiger partial charge in [-0.25, -0.2) is 0 Å². The molecule has 0 radical (unpaired) electrons. The number of hydrogen-bond acceptors (Lipinski definition) is 3. The summed E-state index contributed by atoms with van der Waals surface area (Å²) in [5, 5.41) is 17.4. The molecule has 4 heteroatoms. The van der Waals surface area contributed by atoms with Crippen LogP contribution in [0.2, 0.25) is 0 Å². The highest BCUT2D eigenvalue weighted by Crippen LogP contribution is 2.10. The summed E-state index contributed by atoms with van der Waals surface area (Å²) in [7, 11) is 0. The van der Waals surface area contributed by atoms with E-state index in [-0.39, 0.29) is 24.9 Å². The second kappa shape index (κ2) is 4.51. The zero-order valence-electron chi connectivity index (χ0n) is 6.16. The molecule has 0 fully saturated rings. The average Bonchev–Trinajstić information content (AvgIpc) is 1.65. The lowest BCUT2D eigenvalue weighted by Crippen LogP contribution is -2.42. The summed E-state index contributed by atoms with van der Waals surface area (Å²) in [6.45, 7) is 3.23. The topological polar surface area (TPSA) is 70.0 Å². The Morgan fingerprint density at radius 1 is 1.80 bits per heavy atom. The van der Waals surface area contributed by atoms with Gasteiger partial charge < -0.3 is 10.8 Å². The summed E-state index contributed by atoms with van der Waals surface area (Å²) in [6.07, 6.45) is 0.0880. The third-order valence-electron chi connectivity index (χ3n) is 1.42. The zero-order valence-corrected chi connectivity index (χ0v) is 6.98. The fraction of sp³-hybridized carbons (Fsp3) is 0.833. The smallest absolute Gasteiger partial charge is 0.0896 e. The van der Waals surface area contributed by atoms with E-state index in [9.17, 15) is 5.11 Å². The molecule has 3 nitrogen and oxygen atoms in total. The van der Waals surface area contributed by atoms with E-state index in [1.165, 1.54) is 0 Å². The number of nitriles is 1. The Hall–Kier alpha value is -0.300. The van der Waals surface area contributed by atoms with E-state index in [0.29, 0.717) is 0 Å². The Bertz CT molecular complexity index is 128. The molecule has 0 unspecified atom stereocenters. The van der Waals surface area contributed by atoms with Gasteiger partial charge in [-0.1, -0.05) is 0 Å². The summed E-state index contributed by atoms with van der Waals surface area (Å²) in [5.74, 6) is 0. The average molecular weight is 165 g/mol. The van der Waals surface area contributed by atoms with Crippen LogP contribution in [0.4, 0.5) is 0 Å². The van der Waals surface area contributed by atoms with Crippen molar-refractivity contribution in [3.8, 4) is 6.07 Å². The Morgan fingerprint density at radius 3 is 2.30 bits per heavy atom. The van der Waals surface area contributed by atoms with Gasteiger partial charge in [0.15, 0.2) is 0 Å². The van der Waals surface area contributed by atoms with E-state index in [1.54, 1.807) is 13.8 Å². The van der Waals surface area contributed by atoms with Gasteiger partial charge in [-0.05, 0) is 13.8 Å². The quantitative estimate of drug-likeness (QED) is 0.622. The van der Waals surface area contributed by atoms with Gasteiger partial charge in [0.1, 0.15) is 0 Å². The predicted molar refractivity (Wildman–Crippen MR) is 41.8 cm³/mol. The Morgan fingerprint density at radius 2 is 2.20 bits per heavy atom. The second-order valence-electron chi connectivity index (χ2n) is 2.48. The lowest BCUT2D eigenvalue weighted by Gasteiger charge is -2.23. The molecule has 0 spiro atoms. The summed E-state index contributed by atoms with van der Waals surface area (Å²) in [4.78, 5) is 0. The molecule has 10 heavy (non-hydrogen) atoms. The van der Waals surface area contributed by atoms with Crippen molar-refractivity contribution < 1.29 is 5.11 Å². The minimum atomic E-state index is -1.03. The number of nitrogens with zero attached hydrogens (tertiary/aromatic N) is 1. The lowest BCUT2D eigenvalue weighted by atomic mass is 9.96. The lowest BCUT2D eigenvalue weighted by molar-refractivity contribution is 0.0433. The SMILES string of the molecule is C[C@@H](N)[C@](C)(O)CC#N.Cl. The summed E-state index contributed by atoms with van der Waals surface area (Å²) >= 11 is 0. The van der Waals surface area contributed by atoms with Gasteiger partial charge in [-0.2, -0.15) is 5.26 Å². The van der Waals surface area contributed by atoms with Gasteiger partial charge in [0.25, 0.3) is 0 Å². The van der Waals surface area contributed by atoms with Gasteiger partial charge in [0.05, 0.1) is 18.1 Å². The van der Waals surface area contributed by atoms with Crippen molar-refractivity contribution in [1.82, 2.24) is 0 Å². The molecule has 0 aliphatic heterocycles. The van der Waals surface area contributed by atoms with Crippen molar-refractivity contribution in [2.75, 3.05) is 0 Å². The van der Waals surface area contributed by atoms with E-state index < -0.39 is 5.60 Å². The molecule has 0 rings (SSSR count). The molecule has 60 valence electrons. The molecule has 0 aliphatic carbocycles. The number of nitrogens with two attached hydrogens (primary N) is 1. The first-order valence-corrected chi connectivity index (χ1v) is 2.85. The first-order valence-electron chi connectivity index (χ1n) is 2.85. The van der Waals surface area contributed by atoms with Gasteiger partial charge in [-0.3, -0.25) is 0 Å². The molecule has 3 N–H and O–H groups in total. The largest absolute Gasteiger partial charge is 0.387 e. The van der Waals surface area contributed by atoms with Crippen molar-refractivity contribution in [3.05, 3.63) is 0 Å². The minimum absolute atomic E-state index is 0. The van der Waals surface area contributed by atoms with Gasteiger partial charge in [-0.15, -0.1) is 12.4 Å². The zero-order chi connectivity index (χ0) is 7.49. The van der Waals surface area contributed by atoms with Crippen LogP contribution in [0, 0.1) is 11.3 Å². The second-order valence-corrected chi connectivity index (χ2v) is 2.48. The van der Waals surface area contributed by atoms with Crippen LogP contribution in [0.5, 0.6) is 0 Å². The number of halogens is 1. The van der Waals surface area contributed by atoms with Crippen molar-refractivity contribution in [3.63, 3.8) is 0 Å². The first kappa shape index (κ1) is 12.4. The summed E-state index contributed by atoms with van der Waals surface area (Å²) in [5.41, 5.74) is 4.32. The Balaban J connectivity index is 0. The molecule has 0 heterocycles. The van der Waals surface area contributed by atoms with Crippen LogP contribution in [0.1, 0.15) is 20.3 Å². The van der Waals surface area contributed by atoms with Crippen LogP contribution in [-0.2, 0) is 0 Å². The fourth-order valence-corrected chi connectivity index (χ4v) is 0.321. The third kappa shape index (κ3) is 3.67. The highest BCUT2D eigenvalue weighted by Gasteiger charge is 2.24. The molecule has 0 aliphatic rings. The van der Waals surface area contributed by atoms with E-state index >= 15 is 0 Å². The van der Waals surface area contributed by atoms with Gasteiger partial charge in [0, 0.05) is 6.04 Å². The van der Waals surface area contributed by atoms with E-state index in [0.717, 1.165) is 0 Å². The standard InChI is InChI=1S/C6H12N2O.ClH/c1-5(8)6(2,9)3-4-7;/h5,9H,3,8H2,1-2H3;1H/t5-,6-;/m1./s1. The number of rotatable bonds is 2. The molecule has 0 aromatic rings. The first-order chi connectivity index (χ1) is 4.00. The highest BCUT2D eigenvalue weighted by atomic mass is 35.5. The van der Waals surface area contributed by atoms with Crippen LogP contribution in [0.3, 0.4) is 0 Å². The van der Waals surface area contributed by atoms with Crippen LogP contribution >= 0.6 is 12.4 Å². The van der Waals surface area contributed by atoms with Crippen LogP contribution < -0.4 is 5.73 Å². The maximum atomic E-state index is 9.24. The fourth-order valence-electron chi connectivity index (χ4n) is 0.321. The van der Waals surface area contributed by atoms with E-state index in [4.69, 9.17) is 11.0 Å². The normalized spacial score (nSPS) is 17.9. The third-order valence-corrected chi connectivity index (χ3v) is 1.42. The summed E-state index contributed by atoms with van der Waals surface area (Å²) < 4.78 is 0. The summed E-state index contributed by atoms with van der Waals surface area (Å²) in [6, 6.07) is 1.51. The molecule has 2 atom stereocenters. The number of hydrogen-bond donors (Lipinski definition) is 2. The maximum Gasteiger partial charge on any atom is 0.0896 e. The van der Waals surface area contributed by atoms with Crippen molar-refractivity contribution in [1.29, 1.82) is 5.26 Å². The maximum absolute atomic E-state index is 9.24. The van der Waals surface area contributed by atoms with Crippen LogP contribution in [0.15, 0.2) is 0 Å². The molecule has 0 saturated carbocycles. The molecule has 0 aromatic heterocycles. The molecule has 0 saturated heterocycles. The van der Waals surface area contributed by atoms with Crippen LogP contribution in [-0.4, -0.2) is 16.7 Å². The highest BCUT2D eigenvalue weighted by molar-refractivity contribution is 5.85.